The summed E-state index contributed by atoms with van der Waals surface area (Å²) in [5, 5.41) is 12.7. The zero-order valence-electron chi connectivity index (χ0n) is 16.7. The molecule has 0 saturated heterocycles. The van der Waals surface area contributed by atoms with Crippen molar-refractivity contribution in [2.45, 2.75) is 38.6 Å². The third kappa shape index (κ3) is 5.18. The van der Waals surface area contributed by atoms with Gasteiger partial charge in [0.2, 0.25) is 0 Å². The van der Waals surface area contributed by atoms with Gasteiger partial charge in [0.25, 0.3) is 0 Å². The first kappa shape index (κ1) is 22.2. The molecule has 0 aliphatic heterocycles. The number of carboxylic acids is 1. The molecule has 1 saturated carbocycles. The van der Waals surface area contributed by atoms with Crippen LogP contribution in [0.1, 0.15) is 48.0 Å². The molecule has 2 aromatic carbocycles. The summed E-state index contributed by atoms with van der Waals surface area (Å²) in [5.74, 6) is 0.297. The maximum atomic E-state index is 11.4. The summed E-state index contributed by atoms with van der Waals surface area (Å²) in [5.41, 5.74) is 2.04. The summed E-state index contributed by atoms with van der Waals surface area (Å²) in [6.45, 7) is 1.29. The number of rotatable bonds is 6. The molecule has 0 amide bonds. The standard InChI is InChI=1S/C23H24ClNO3.Na/c24-18-9-10-22(28-15-16-5-2-1-3-6-16)17(13-18)14-25-12-11-19-20(23(26)27)7-4-8-21(19)25;/h4,7-13,16H,1-3,5-6,14-15H2,(H,26,27);/q;+1/p-1. The Morgan fingerprint density at radius 1 is 1.14 bits per heavy atom. The molecule has 0 atom stereocenters. The van der Waals surface area contributed by atoms with Gasteiger partial charge >= 0.3 is 29.6 Å². The maximum absolute atomic E-state index is 11.4. The molecule has 29 heavy (non-hydrogen) atoms. The van der Waals surface area contributed by atoms with Gasteiger partial charge in [-0.15, -0.1) is 0 Å². The monoisotopic (exact) mass is 419 g/mol. The van der Waals surface area contributed by atoms with E-state index in [9.17, 15) is 9.90 Å². The van der Waals surface area contributed by atoms with E-state index < -0.39 is 5.97 Å². The minimum atomic E-state index is -1.16. The van der Waals surface area contributed by atoms with Gasteiger partial charge in [-0.05, 0) is 49.1 Å². The van der Waals surface area contributed by atoms with Crippen molar-refractivity contribution in [3.05, 3.63) is 64.8 Å². The van der Waals surface area contributed by atoms with Gasteiger partial charge in [0.05, 0.1) is 19.1 Å². The van der Waals surface area contributed by atoms with E-state index in [1.165, 1.54) is 32.1 Å². The Morgan fingerprint density at radius 2 is 1.93 bits per heavy atom. The summed E-state index contributed by atoms with van der Waals surface area (Å²) < 4.78 is 8.19. The van der Waals surface area contributed by atoms with Crippen LogP contribution in [0.4, 0.5) is 0 Å². The summed E-state index contributed by atoms with van der Waals surface area (Å²) in [4.78, 5) is 11.4. The molecule has 146 valence electrons. The Morgan fingerprint density at radius 3 is 2.69 bits per heavy atom. The molecule has 1 aliphatic carbocycles. The van der Waals surface area contributed by atoms with Crippen molar-refractivity contribution in [3.63, 3.8) is 0 Å². The molecule has 1 heterocycles. The first-order chi connectivity index (χ1) is 13.6. The smallest absolute Gasteiger partial charge is 0.545 e. The van der Waals surface area contributed by atoms with E-state index in [2.05, 4.69) is 0 Å². The zero-order valence-corrected chi connectivity index (χ0v) is 19.5. The van der Waals surface area contributed by atoms with Gasteiger partial charge < -0.3 is 19.2 Å². The minimum absolute atomic E-state index is 0. The molecule has 1 fully saturated rings. The van der Waals surface area contributed by atoms with Gasteiger partial charge in [-0.2, -0.15) is 0 Å². The van der Waals surface area contributed by atoms with Gasteiger partial charge in [-0.3, -0.25) is 0 Å². The number of carbonyl (C=O) groups excluding carboxylic acids is 1. The van der Waals surface area contributed by atoms with E-state index >= 15 is 0 Å². The molecular weight excluding hydrogens is 397 g/mol. The number of ether oxygens (including phenoxy) is 1. The number of halogens is 1. The molecule has 0 unspecified atom stereocenters. The molecule has 0 bridgehead atoms. The van der Waals surface area contributed by atoms with Crippen LogP contribution in [0.15, 0.2) is 48.7 Å². The fourth-order valence-electron chi connectivity index (χ4n) is 4.10. The van der Waals surface area contributed by atoms with Gasteiger partial charge in [-0.25, -0.2) is 0 Å². The maximum Gasteiger partial charge on any atom is 1.00 e. The SMILES string of the molecule is O=C([O-])c1cccc2c1ccn2Cc1cc(Cl)ccc1OCC1CCCCC1.[Na+]. The van der Waals surface area contributed by atoms with Crippen molar-refractivity contribution in [1.29, 1.82) is 0 Å². The van der Waals surface area contributed by atoms with Crippen molar-refractivity contribution in [2.24, 2.45) is 5.92 Å². The minimum Gasteiger partial charge on any atom is -0.545 e. The molecule has 3 aromatic rings. The van der Waals surface area contributed by atoms with Crippen LogP contribution >= 0.6 is 11.6 Å². The van der Waals surface area contributed by atoms with Crippen LogP contribution in [0.5, 0.6) is 5.75 Å². The third-order valence-electron chi connectivity index (χ3n) is 5.60. The van der Waals surface area contributed by atoms with Crippen LogP contribution in [0.3, 0.4) is 0 Å². The third-order valence-corrected chi connectivity index (χ3v) is 5.83. The number of hydrogen-bond acceptors (Lipinski definition) is 3. The van der Waals surface area contributed by atoms with Crippen molar-refractivity contribution < 1.29 is 44.2 Å². The first-order valence-electron chi connectivity index (χ1n) is 9.82. The predicted octanol–water partition coefficient (Wildman–Crippen LogP) is 1.67. The molecule has 0 N–H and O–H groups in total. The second-order valence-electron chi connectivity index (χ2n) is 7.54. The van der Waals surface area contributed by atoms with Gasteiger partial charge in [-0.1, -0.05) is 43.0 Å². The molecule has 1 aromatic heterocycles. The van der Waals surface area contributed by atoms with Crippen LogP contribution in [0.25, 0.3) is 10.9 Å². The van der Waals surface area contributed by atoms with Crippen molar-refractivity contribution in [2.75, 3.05) is 6.61 Å². The van der Waals surface area contributed by atoms with Crippen LogP contribution in [0.2, 0.25) is 5.02 Å². The predicted molar refractivity (Wildman–Crippen MR) is 109 cm³/mol. The molecule has 4 rings (SSSR count). The molecule has 4 nitrogen and oxygen atoms in total. The van der Waals surface area contributed by atoms with Crippen molar-refractivity contribution >= 4 is 28.5 Å². The second-order valence-corrected chi connectivity index (χ2v) is 7.97. The van der Waals surface area contributed by atoms with Crippen LogP contribution in [0, 0.1) is 5.92 Å². The van der Waals surface area contributed by atoms with Gasteiger partial charge in [0.1, 0.15) is 5.75 Å². The molecule has 0 radical (unpaired) electrons. The van der Waals surface area contributed by atoms with Crippen LogP contribution in [-0.2, 0) is 6.54 Å². The summed E-state index contributed by atoms with van der Waals surface area (Å²) in [6, 6.07) is 12.7. The topological polar surface area (TPSA) is 54.3 Å². The summed E-state index contributed by atoms with van der Waals surface area (Å²) in [6.07, 6.45) is 8.27. The second kappa shape index (κ2) is 10.0. The number of benzene rings is 2. The van der Waals surface area contributed by atoms with Crippen molar-refractivity contribution in [3.8, 4) is 5.75 Å². The molecule has 1 aliphatic rings. The van der Waals surface area contributed by atoms with Gasteiger partial charge in [0, 0.05) is 33.2 Å². The Bertz CT molecular complexity index is 995. The number of nitrogens with zero attached hydrogens (tertiary/aromatic N) is 1. The molecule has 0 spiro atoms. The van der Waals surface area contributed by atoms with Crippen LogP contribution < -0.4 is 39.4 Å². The largest absolute Gasteiger partial charge is 1.00 e. The van der Waals surface area contributed by atoms with E-state index in [1.807, 2.05) is 41.1 Å². The Kier molecular flexibility index (Phi) is 7.69. The van der Waals surface area contributed by atoms with Crippen LogP contribution in [-0.4, -0.2) is 17.1 Å². The normalized spacial score (nSPS) is 14.5. The average molecular weight is 420 g/mol. The number of aromatic nitrogens is 1. The number of fused-ring (bicyclic) bond motifs is 1. The van der Waals surface area contributed by atoms with E-state index in [1.54, 1.807) is 12.1 Å². The zero-order chi connectivity index (χ0) is 19.5. The molecule has 6 heteroatoms. The van der Waals surface area contributed by atoms with E-state index in [0.29, 0.717) is 22.9 Å². The number of aromatic carboxylic acids is 1. The Hall–Kier alpha value is -1.46. The Balaban J connectivity index is 0.00000240. The quantitative estimate of drug-likeness (QED) is 0.571. The number of carbonyl (C=O) groups is 1. The van der Waals surface area contributed by atoms with Gasteiger partial charge in [0.15, 0.2) is 0 Å². The summed E-state index contributed by atoms with van der Waals surface area (Å²) in [7, 11) is 0. The average Bonchev–Trinajstić information content (AvgIpc) is 3.11. The fourth-order valence-corrected chi connectivity index (χ4v) is 4.29. The first-order valence-corrected chi connectivity index (χ1v) is 10.2. The fraction of sp³-hybridized carbons (Fsp3) is 0.348. The van der Waals surface area contributed by atoms with E-state index in [4.69, 9.17) is 16.3 Å². The number of carboxylic acid groups (broad SMARTS) is 1. The Labute approximate surface area is 198 Å². The van der Waals surface area contributed by atoms with E-state index in [-0.39, 0.29) is 35.1 Å². The summed E-state index contributed by atoms with van der Waals surface area (Å²) >= 11 is 6.24. The van der Waals surface area contributed by atoms with E-state index in [0.717, 1.165) is 23.4 Å². The number of hydrogen-bond donors (Lipinski definition) is 0. The van der Waals surface area contributed by atoms with Crippen molar-refractivity contribution in [1.82, 2.24) is 4.57 Å². The molecular formula is C23H23ClNNaO3.